The maximum Gasteiger partial charge on any atom is 0.312 e. The number of carbonyl (C=O) groups is 4. The van der Waals surface area contributed by atoms with Crippen LogP contribution in [0.4, 0.5) is 10.5 Å². The van der Waals surface area contributed by atoms with E-state index < -0.39 is 39.8 Å². The molecule has 0 saturated heterocycles. The van der Waals surface area contributed by atoms with Gasteiger partial charge in [-0.3, -0.25) is 14.4 Å². The number of aromatic nitrogens is 2. The Labute approximate surface area is 256 Å². The number of hydrogen-bond donors (Lipinski definition) is 6. The molecule has 0 aliphatic heterocycles. The van der Waals surface area contributed by atoms with Gasteiger partial charge in [-0.2, -0.15) is 0 Å². The summed E-state index contributed by atoms with van der Waals surface area (Å²) in [4.78, 5) is 57.5. The van der Waals surface area contributed by atoms with Crippen LogP contribution in [0.25, 0.3) is 0 Å². The van der Waals surface area contributed by atoms with Crippen molar-refractivity contribution in [1.82, 2.24) is 25.9 Å². The van der Waals surface area contributed by atoms with Crippen molar-refractivity contribution in [3.05, 3.63) is 47.8 Å². The number of nitrogens with two attached hydrogens (primary N) is 1. The van der Waals surface area contributed by atoms with Gasteiger partial charge in [0.15, 0.2) is 0 Å². The van der Waals surface area contributed by atoms with Gasteiger partial charge in [-0.05, 0) is 42.9 Å². The van der Waals surface area contributed by atoms with E-state index in [1.807, 2.05) is 0 Å². The highest BCUT2D eigenvalue weighted by atomic mass is 32.2. The molecule has 0 bridgehead atoms. The number of unbranched alkanes of at least 4 members (excludes halogenated alkanes) is 1. The molecule has 2 unspecified atom stereocenters. The maximum atomic E-state index is 13.2. The maximum absolute atomic E-state index is 13.2. The highest BCUT2D eigenvalue weighted by Crippen LogP contribution is 2.12. The first-order valence-corrected chi connectivity index (χ1v) is 15.8. The third kappa shape index (κ3) is 12.8. The molecule has 0 aliphatic carbocycles. The van der Waals surface area contributed by atoms with Crippen molar-refractivity contribution >= 4 is 39.3 Å². The molecule has 2 atom stereocenters. The number of benzene rings is 1. The smallest absolute Gasteiger partial charge is 0.312 e. The van der Waals surface area contributed by atoms with Gasteiger partial charge in [0.05, 0.1) is 12.2 Å². The number of nitrogens with zero attached hydrogens (tertiary/aromatic N) is 2. The van der Waals surface area contributed by atoms with Crippen LogP contribution < -0.4 is 27.0 Å². The first kappa shape index (κ1) is 35.6. The number of sulfone groups is 1. The Kier molecular flexibility index (Phi) is 14.2. The van der Waals surface area contributed by atoms with Crippen molar-refractivity contribution < 1.29 is 32.7 Å². The lowest BCUT2D eigenvalue weighted by molar-refractivity contribution is -0.132. The van der Waals surface area contributed by atoms with Crippen LogP contribution in [0.3, 0.4) is 0 Å². The highest BCUT2D eigenvalue weighted by Gasteiger charge is 2.28. The fourth-order valence-electron chi connectivity index (χ4n) is 3.83. The van der Waals surface area contributed by atoms with Gasteiger partial charge in [-0.25, -0.2) is 23.2 Å². The molecule has 2 rings (SSSR count). The summed E-state index contributed by atoms with van der Waals surface area (Å²) in [6.07, 6.45) is 5.02. The summed E-state index contributed by atoms with van der Waals surface area (Å²) < 4.78 is 22.9. The monoisotopic (exact) mass is 629 g/mol. The van der Waals surface area contributed by atoms with Crippen LogP contribution in [0.1, 0.15) is 57.1 Å². The Morgan fingerprint density at radius 1 is 1.00 bits per heavy atom. The lowest BCUT2D eigenvalue weighted by Gasteiger charge is -2.25. The predicted octanol–water partition coefficient (Wildman–Crippen LogP) is 0.607. The van der Waals surface area contributed by atoms with E-state index in [0.717, 1.165) is 6.26 Å². The van der Waals surface area contributed by atoms with E-state index in [4.69, 9.17) is 5.73 Å². The highest BCUT2D eigenvalue weighted by molar-refractivity contribution is 7.90. The third-order valence-corrected chi connectivity index (χ3v) is 7.04. The Bertz CT molecular complexity index is 1450. The molecule has 0 fully saturated rings. The molecular formula is C29H39N7O7S. The minimum atomic E-state index is -3.50. The molecular weight excluding hydrogens is 590 g/mol. The van der Waals surface area contributed by atoms with Crippen LogP contribution in [-0.2, 0) is 30.8 Å². The SMILES string of the molecule is CC(C)C(NC(=O)CCCC#Cc1cnc(S(C)(=O)=O)nc1)C(=O)NC(CCCNC(N)=O)C(=O)Nc1ccc(CO)cc1. The number of aliphatic hydroxyl groups is 1. The summed E-state index contributed by atoms with van der Waals surface area (Å²) in [6, 6.07) is 3.97. The van der Waals surface area contributed by atoms with E-state index in [0.29, 0.717) is 36.1 Å². The van der Waals surface area contributed by atoms with Crippen molar-refractivity contribution in [2.45, 2.75) is 69.8 Å². The summed E-state index contributed by atoms with van der Waals surface area (Å²) >= 11 is 0. The van der Waals surface area contributed by atoms with Gasteiger partial charge in [0.25, 0.3) is 0 Å². The summed E-state index contributed by atoms with van der Waals surface area (Å²) in [5.41, 5.74) is 6.68. The van der Waals surface area contributed by atoms with Gasteiger partial charge in [0, 0.05) is 43.7 Å². The second-order valence-corrected chi connectivity index (χ2v) is 12.2. The Morgan fingerprint density at radius 3 is 2.23 bits per heavy atom. The lowest BCUT2D eigenvalue weighted by atomic mass is 10.0. The van der Waals surface area contributed by atoms with Crippen LogP contribution >= 0.6 is 0 Å². The number of hydrogen-bond acceptors (Lipinski definition) is 9. The minimum Gasteiger partial charge on any atom is -0.392 e. The zero-order chi connectivity index (χ0) is 32.7. The van der Waals surface area contributed by atoms with E-state index in [2.05, 4.69) is 43.1 Å². The van der Waals surface area contributed by atoms with E-state index in [1.54, 1.807) is 38.1 Å². The summed E-state index contributed by atoms with van der Waals surface area (Å²) in [5, 5.41) is 19.6. The largest absolute Gasteiger partial charge is 0.392 e. The second kappa shape index (κ2) is 17.5. The number of aliphatic hydroxyl groups excluding tert-OH is 1. The fraction of sp³-hybridized carbons (Fsp3) is 0.448. The number of carbonyl (C=O) groups excluding carboxylic acids is 4. The normalized spacial score (nSPS) is 12.3. The van der Waals surface area contributed by atoms with Gasteiger partial charge in [0.2, 0.25) is 32.7 Å². The zero-order valence-corrected chi connectivity index (χ0v) is 25.7. The molecule has 2 aromatic rings. The molecule has 0 aliphatic rings. The van der Waals surface area contributed by atoms with Gasteiger partial charge >= 0.3 is 6.03 Å². The van der Waals surface area contributed by atoms with Crippen molar-refractivity contribution in [1.29, 1.82) is 0 Å². The molecule has 44 heavy (non-hydrogen) atoms. The summed E-state index contributed by atoms with van der Waals surface area (Å²) in [6.45, 7) is 3.59. The molecule has 1 aromatic heterocycles. The van der Waals surface area contributed by atoms with Crippen LogP contribution in [0.5, 0.6) is 0 Å². The lowest BCUT2D eigenvalue weighted by Crippen LogP contribution is -2.54. The van der Waals surface area contributed by atoms with Gasteiger partial charge in [-0.15, -0.1) is 0 Å². The number of nitrogens with one attached hydrogen (secondary N) is 4. The van der Waals surface area contributed by atoms with E-state index >= 15 is 0 Å². The Balaban J connectivity index is 1.96. The number of primary amides is 1. The minimum absolute atomic E-state index is 0.0984. The molecule has 5 amide bonds. The Morgan fingerprint density at radius 2 is 1.66 bits per heavy atom. The number of amides is 5. The van der Waals surface area contributed by atoms with Crippen molar-refractivity contribution in [3.63, 3.8) is 0 Å². The van der Waals surface area contributed by atoms with Crippen LogP contribution in [0, 0.1) is 17.8 Å². The second-order valence-electron chi connectivity index (χ2n) is 10.3. The molecule has 0 saturated carbocycles. The van der Waals surface area contributed by atoms with Crippen molar-refractivity contribution in [3.8, 4) is 11.8 Å². The molecule has 14 nitrogen and oxygen atoms in total. The van der Waals surface area contributed by atoms with E-state index in [9.17, 15) is 32.7 Å². The standard InChI is InChI=1S/C29H39N7O7S/c1-19(2)25(36-24(38)10-6-4-5-8-21-16-32-29(33-17-21)44(3,42)43)27(40)35-23(9-7-15-31-28(30)41)26(39)34-22-13-11-20(18-37)12-14-22/h11-14,16-17,19,23,25,37H,4,6-7,9-10,15,18H2,1-3H3,(H,34,39)(H,35,40)(H,36,38)(H3,30,31,41). The topological polar surface area (TPSA) is 223 Å². The molecule has 7 N–H and O–H groups in total. The van der Waals surface area contributed by atoms with Crippen LogP contribution in [0.2, 0.25) is 0 Å². The fourth-order valence-corrected chi connectivity index (χ4v) is 4.31. The average molecular weight is 630 g/mol. The van der Waals surface area contributed by atoms with E-state index in [1.165, 1.54) is 12.4 Å². The summed E-state index contributed by atoms with van der Waals surface area (Å²) in [5.74, 6) is 4.01. The van der Waals surface area contributed by atoms with Gasteiger partial charge < -0.3 is 32.1 Å². The molecule has 238 valence electrons. The molecule has 0 radical (unpaired) electrons. The van der Waals surface area contributed by atoms with Crippen molar-refractivity contribution in [2.75, 3.05) is 18.1 Å². The molecule has 1 heterocycles. The van der Waals surface area contributed by atoms with Gasteiger partial charge in [-0.1, -0.05) is 37.8 Å². The third-order valence-electron chi connectivity index (χ3n) is 6.17. The number of anilines is 1. The molecule has 0 spiro atoms. The first-order valence-electron chi connectivity index (χ1n) is 13.9. The molecule has 15 heteroatoms. The van der Waals surface area contributed by atoms with Gasteiger partial charge in [0.1, 0.15) is 12.1 Å². The first-order chi connectivity index (χ1) is 20.8. The van der Waals surface area contributed by atoms with E-state index in [-0.39, 0.29) is 43.0 Å². The zero-order valence-electron chi connectivity index (χ0n) is 24.9. The summed E-state index contributed by atoms with van der Waals surface area (Å²) in [7, 11) is -3.50. The van der Waals surface area contributed by atoms with Crippen LogP contribution in [0.15, 0.2) is 41.8 Å². The predicted molar refractivity (Wildman–Crippen MR) is 162 cm³/mol. The van der Waals surface area contributed by atoms with Crippen LogP contribution in [-0.4, -0.2) is 72.1 Å². The number of rotatable bonds is 15. The van der Waals surface area contributed by atoms with Crippen molar-refractivity contribution in [2.24, 2.45) is 11.7 Å². The Hall–Kier alpha value is -4.55. The number of urea groups is 1. The molecule has 1 aromatic carbocycles. The quantitative estimate of drug-likeness (QED) is 0.0921. The average Bonchev–Trinajstić information content (AvgIpc) is 2.97.